The van der Waals surface area contributed by atoms with Gasteiger partial charge in [0, 0.05) is 13.1 Å². The Morgan fingerprint density at radius 2 is 2.20 bits per heavy atom. The van der Waals surface area contributed by atoms with Crippen LogP contribution < -0.4 is 10.6 Å². The van der Waals surface area contributed by atoms with Gasteiger partial charge in [0.05, 0.1) is 22.6 Å². The largest absolute Gasteiger partial charge is 0.493 e. The molecule has 1 aromatic carbocycles. The van der Waals surface area contributed by atoms with Gasteiger partial charge in [-0.25, -0.2) is 0 Å². The summed E-state index contributed by atoms with van der Waals surface area (Å²) in [6.07, 6.45) is 6.06. The maximum Gasteiger partial charge on any atom is 0.111 e. The molecule has 2 N–H and O–H groups in total. The third-order valence-corrected chi connectivity index (χ3v) is 5.63. The Hall–Kier alpha value is -1.72. The Morgan fingerprint density at radius 3 is 3.00 bits per heavy atom. The van der Waals surface area contributed by atoms with E-state index < -0.39 is 0 Å². The van der Waals surface area contributed by atoms with Crippen molar-refractivity contribution in [2.24, 2.45) is 4.99 Å². The van der Waals surface area contributed by atoms with E-state index in [2.05, 4.69) is 35.4 Å². The molecule has 1 saturated heterocycles. The molecule has 0 saturated carbocycles. The summed E-state index contributed by atoms with van der Waals surface area (Å²) in [6, 6.07) is 8.33. The van der Waals surface area contributed by atoms with Gasteiger partial charge in [-0.1, -0.05) is 24.8 Å². The number of fused-ring (bicyclic) bond motifs is 1. The molecule has 0 amide bonds. The monoisotopic (exact) mass is 357 g/mol. The summed E-state index contributed by atoms with van der Waals surface area (Å²) in [5.74, 6) is 3.07. The van der Waals surface area contributed by atoms with E-state index >= 15 is 0 Å². The Balaban J connectivity index is 1.62. The SMILES string of the molecule is C=C(/C=C\C)OCCNCC1=Nc2ccccc2NC12CCSCC2. The van der Waals surface area contributed by atoms with Crippen molar-refractivity contribution in [2.45, 2.75) is 25.3 Å². The molecule has 0 bridgehead atoms. The number of nitrogens with zero attached hydrogens (tertiary/aromatic N) is 1. The van der Waals surface area contributed by atoms with E-state index in [1.54, 1.807) is 0 Å². The van der Waals surface area contributed by atoms with Gasteiger partial charge in [0.1, 0.15) is 12.4 Å². The quantitative estimate of drug-likeness (QED) is 0.437. The molecular weight excluding hydrogens is 330 g/mol. The maximum atomic E-state index is 5.56. The molecule has 2 heterocycles. The van der Waals surface area contributed by atoms with Gasteiger partial charge in [-0.05, 0) is 49.5 Å². The molecule has 134 valence electrons. The molecule has 3 rings (SSSR count). The summed E-state index contributed by atoms with van der Waals surface area (Å²) in [5, 5.41) is 7.29. The summed E-state index contributed by atoms with van der Waals surface area (Å²) in [5.41, 5.74) is 3.42. The molecule has 1 fully saturated rings. The molecule has 0 aliphatic carbocycles. The molecule has 0 aromatic heterocycles. The zero-order valence-corrected chi connectivity index (χ0v) is 15.7. The predicted octanol–water partition coefficient (Wildman–Crippen LogP) is 4.15. The molecule has 0 unspecified atom stereocenters. The van der Waals surface area contributed by atoms with Crippen LogP contribution in [0, 0.1) is 0 Å². The maximum absolute atomic E-state index is 5.56. The first-order valence-electron chi connectivity index (χ1n) is 8.92. The van der Waals surface area contributed by atoms with Gasteiger partial charge < -0.3 is 15.4 Å². The predicted molar refractivity (Wildman–Crippen MR) is 109 cm³/mol. The highest BCUT2D eigenvalue weighted by Crippen LogP contribution is 2.39. The summed E-state index contributed by atoms with van der Waals surface area (Å²) in [6.45, 7) is 7.99. The highest BCUT2D eigenvalue weighted by Gasteiger charge is 2.39. The zero-order valence-electron chi connectivity index (χ0n) is 14.9. The third-order valence-electron chi connectivity index (χ3n) is 4.64. The van der Waals surface area contributed by atoms with Crippen LogP contribution in [0.4, 0.5) is 11.4 Å². The van der Waals surface area contributed by atoms with Crippen LogP contribution in [0.1, 0.15) is 19.8 Å². The van der Waals surface area contributed by atoms with Crippen molar-refractivity contribution in [3.05, 3.63) is 48.8 Å². The van der Waals surface area contributed by atoms with Gasteiger partial charge in [-0.2, -0.15) is 11.8 Å². The van der Waals surface area contributed by atoms with Crippen LogP contribution in [0.2, 0.25) is 0 Å². The number of hydrogen-bond donors (Lipinski definition) is 2. The minimum absolute atomic E-state index is 0.00199. The van der Waals surface area contributed by atoms with E-state index in [1.165, 1.54) is 17.2 Å². The average Bonchev–Trinajstić information content (AvgIpc) is 2.63. The zero-order chi connectivity index (χ0) is 17.5. The third kappa shape index (κ3) is 4.47. The molecule has 1 spiro atoms. The first-order chi connectivity index (χ1) is 12.2. The molecule has 2 aliphatic heterocycles. The second-order valence-corrected chi connectivity index (χ2v) is 7.61. The fourth-order valence-electron chi connectivity index (χ4n) is 3.30. The van der Waals surface area contributed by atoms with Crippen LogP contribution in [-0.2, 0) is 4.74 Å². The van der Waals surface area contributed by atoms with Crippen molar-refractivity contribution in [1.29, 1.82) is 0 Å². The topological polar surface area (TPSA) is 45.6 Å². The van der Waals surface area contributed by atoms with Gasteiger partial charge in [0.25, 0.3) is 0 Å². The van der Waals surface area contributed by atoms with Gasteiger partial charge in [-0.3, -0.25) is 4.99 Å². The van der Waals surface area contributed by atoms with E-state index in [4.69, 9.17) is 9.73 Å². The minimum Gasteiger partial charge on any atom is -0.493 e. The summed E-state index contributed by atoms with van der Waals surface area (Å²) >= 11 is 2.03. The summed E-state index contributed by atoms with van der Waals surface area (Å²) in [7, 11) is 0. The van der Waals surface area contributed by atoms with Crippen molar-refractivity contribution in [1.82, 2.24) is 5.32 Å². The Labute approximate surface area is 154 Å². The number of thioether (sulfide) groups is 1. The molecule has 1 aromatic rings. The van der Waals surface area contributed by atoms with Crippen LogP contribution in [0.5, 0.6) is 0 Å². The first kappa shape index (κ1) is 18.1. The fraction of sp³-hybridized carbons (Fsp3) is 0.450. The molecule has 4 nitrogen and oxygen atoms in total. The van der Waals surface area contributed by atoms with E-state index in [0.717, 1.165) is 37.3 Å². The lowest BCUT2D eigenvalue weighted by atomic mass is 9.84. The number of para-hydroxylation sites is 2. The summed E-state index contributed by atoms with van der Waals surface area (Å²) in [4.78, 5) is 5.00. The number of ether oxygens (including phenoxy) is 1. The number of allylic oxidation sites excluding steroid dienone is 2. The van der Waals surface area contributed by atoms with E-state index in [-0.39, 0.29) is 5.54 Å². The second-order valence-electron chi connectivity index (χ2n) is 6.39. The van der Waals surface area contributed by atoms with Crippen LogP contribution in [0.25, 0.3) is 0 Å². The van der Waals surface area contributed by atoms with Gasteiger partial charge in [0.15, 0.2) is 0 Å². The lowest BCUT2D eigenvalue weighted by Gasteiger charge is -2.42. The van der Waals surface area contributed by atoms with Crippen LogP contribution in [-0.4, -0.2) is 42.5 Å². The lowest BCUT2D eigenvalue weighted by Crippen LogP contribution is -2.53. The van der Waals surface area contributed by atoms with E-state index in [0.29, 0.717) is 12.4 Å². The van der Waals surface area contributed by atoms with Crippen molar-refractivity contribution in [3.63, 3.8) is 0 Å². The molecule has 0 radical (unpaired) electrons. The molecular formula is C20H27N3OS. The van der Waals surface area contributed by atoms with Crippen molar-refractivity contribution in [2.75, 3.05) is 36.5 Å². The normalized spacial score (nSPS) is 18.5. The minimum atomic E-state index is 0.00199. The molecule has 25 heavy (non-hydrogen) atoms. The Kier molecular flexibility index (Phi) is 6.21. The number of hydrogen-bond acceptors (Lipinski definition) is 5. The highest BCUT2D eigenvalue weighted by molar-refractivity contribution is 7.99. The molecule has 0 atom stereocenters. The standard InChI is InChI=1S/C20H27N3OS/c1-3-6-16(2)24-12-11-21-15-19-20(9-13-25-14-10-20)23-18-8-5-4-7-17(18)22-19/h3-8,21,23H,2,9-15H2,1H3/b6-3-. The van der Waals surface area contributed by atoms with Crippen LogP contribution in [0.15, 0.2) is 53.7 Å². The summed E-state index contributed by atoms with van der Waals surface area (Å²) < 4.78 is 5.56. The second kappa shape index (κ2) is 8.59. The van der Waals surface area contributed by atoms with Crippen molar-refractivity contribution < 1.29 is 4.74 Å². The molecule has 2 aliphatic rings. The van der Waals surface area contributed by atoms with Gasteiger partial charge in [-0.15, -0.1) is 0 Å². The smallest absolute Gasteiger partial charge is 0.111 e. The number of anilines is 1. The Morgan fingerprint density at radius 1 is 1.40 bits per heavy atom. The number of aliphatic imine (C=N–C) groups is 1. The van der Waals surface area contributed by atoms with E-state index in [1.807, 2.05) is 36.9 Å². The fourth-order valence-corrected chi connectivity index (χ4v) is 4.49. The Bertz CT molecular complexity index is 663. The number of nitrogens with one attached hydrogen (secondary N) is 2. The number of benzene rings is 1. The lowest BCUT2D eigenvalue weighted by molar-refractivity contribution is 0.227. The van der Waals surface area contributed by atoms with E-state index in [9.17, 15) is 0 Å². The van der Waals surface area contributed by atoms with Crippen molar-refractivity contribution >= 4 is 28.8 Å². The van der Waals surface area contributed by atoms with Crippen molar-refractivity contribution in [3.8, 4) is 0 Å². The number of rotatable bonds is 7. The van der Waals surface area contributed by atoms with Gasteiger partial charge in [0.2, 0.25) is 0 Å². The van der Waals surface area contributed by atoms with Gasteiger partial charge >= 0.3 is 0 Å². The average molecular weight is 358 g/mol. The highest BCUT2D eigenvalue weighted by atomic mass is 32.2. The first-order valence-corrected chi connectivity index (χ1v) is 10.1. The van der Waals surface area contributed by atoms with Crippen LogP contribution in [0.3, 0.4) is 0 Å². The van der Waals surface area contributed by atoms with Crippen LogP contribution >= 0.6 is 11.8 Å². The molecule has 5 heteroatoms.